The van der Waals surface area contributed by atoms with Crippen molar-refractivity contribution < 1.29 is 65.4 Å². The van der Waals surface area contributed by atoms with Crippen molar-refractivity contribution >= 4 is 40.4 Å². The molecule has 0 amide bonds. The van der Waals surface area contributed by atoms with Crippen LogP contribution < -0.4 is 0 Å². The highest BCUT2D eigenvalue weighted by Gasteiger charge is 2.25. The van der Waals surface area contributed by atoms with Crippen LogP contribution >= 0.6 is 16.5 Å². The molecule has 0 aromatic carbocycles. The maximum atomic E-state index is 11.4. The summed E-state index contributed by atoms with van der Waals surface area (Å²) in [5.74, 6) is -1.92. The summed E-state index contributed by atoms with van der Waals surface area (Å²) in [5.41, 5.74) is -2.66. The molecule has 0 saturated heterocycles. The molecule has 0 heterocycles. The smallest absolute Gasteiger partial charge is 0.324 e. The van der Waals surface area contributed by atoms with Gasteiger partial charge < -0.3 is 18.9 Å². The number of hydrogen-bond donors (Lipinski definition) is 0. The van der Waals surface area contributed by atoms with E-state index < -0.39 is 89.2 Å². The second-order valence-corrected chi connectivity index (χ2v) is 14.4. The lowest BCUT2D eigenvalue weighted by Gasteiger charge is -2.17. The predicted molar refractivity (Wildman–Crippen MR) is 144 cm³/mol. The lowest BCUT2D eigenvalue weighted by atomic mass is 9.98. The van der Waals surface area contributed by atoms with Crippen LogP contribution in [0.1, 0.15) is 83.1 Å². The van der Waals surface area contributed by atoms with Gasteiger partial charge in [0.05, 0.1) is 21.7 Å². The number of carbonyl (C=O) groups excluding carboxylic acids is 4. The molecule has 0 aromatic heterocycles. The quantitative estimate of drug-likeness (QED) is 0.123. The lowest BCUT2D eigenvalue weighted by Crippen LogP contribution is -2.24. The van der Waals surface area contributed by atoms with E-state index in [1.807, 2.05) is 0 Å². The highest BCUT2D eigenvalue weighted by Crippen LogP contribution is 2.26. The average Bonchev–Trinajstić information content (AvgIpc) is 2.76. The monoisotopic (exact) mass is 620 g/mol. The topological polar surface area (TPSA) is 176 Å². The fraction of sp³-hybridized carbons (Fsp3) is 0.833. The maximum Gasteiger partial charge on any atom is 0.324 e. The Kier molecular flexibility index (Phi) is 18.0. The Hall–Kier alpha value is -1.82. The van der Waals surface area contributed by atoms with Crippen molar-refractivity contribution in [3.05, 3.63) is 0 Å². The van der Waals surface area contributed by atoms with Crippen LogP contribution in [0.5, 0.6) is 0 Å². The average molecular weight is 621 g/mol. The van der Waals surface area contributed by atoms with Crippen LogP contribution in [0.25, 0.3) is 0 Å². The summed E-state index contributed by atoms with van der Waals surface area (Å²) in [5, 5.41) is 0. The normalized spacial score (nSPS) is 12.3. The van der Waals surface area contributed by atoms with E-state index in [-0.39, 0.29) is 0 Å². The molecule has 0 N–H and O–H groups in total. The number of esters is 4. The van der Waals surface area contributed by atoms with E-state index in [9.17, 15) is 28.3 Å². The third kappa shape index (κ3) is 21.0. The third-order valence-corrected chi connectivity index (χ3v) is 5.33. The Bertz CT molecular complexity index is 734. The molecule has 0 rings (SSSR count). The van der Waals surface area contributed by atoms with Gasteiger partial charge in [0, 0.05) is 0 Å². The standard InChI is InChI=1S/2C12H23O7P/c2*1-11(2,3)9(13)16-7-18-20(15)19-8-17-10(14)12(4,5)6/h2*20H,7-8H2,1-6H3. The van der Waals surface area contributed by atoms with Gasteiger partial charge in [0.15, 0.2) is 0 Å². The predicted octanol–water partition coefficient (Wildman–Crippen LogP) is 5.01. The van der Waals surface area contributed by atoms with E-state index in [1.54, 1.807) is 83.1 Å². The van der Waals surface area contributed by atoms with Crippen LogP contribution in [-0.2, 0) is 65.4 Å². The van der Waals surface area contributed by atoms with E-state index >= 15 is 0 Å². The van der Waals surface area contributed by atoms with Crippen molar-refractivity contribution in [2.24, 2.45) is 21.7 Å². The molecule has 0 atom stereocenters. The zero-order valence-corrected chi connectivity index (χ0v) is 27.5. The summed E-state index contributed by atoms with van der Waals surface area (Å²) in [4.78, 5) is 45.4. The Balaban J connectivity index is 0. The Morgan fingerprint density at radius 1 is 0.400 bits per heavy atom. The second-order valence-electron chi connectivity index (χ2n) is 12.3. The SMILES string of the molecule is CC(C)(C)C(=O)OCO[PH](=O)OCOC(=O)C(C)(C)C.CC(C)(C)C(=O)OCO[PH](=O)OCOC(=O)C(C)(C)C. The highest BCUT2D eigenvalue weighted by atomic mass is 31.1. The van der Waals surface area contributed by atoms with Crippen molar-refractivity contribution in [2.45, 2.75) is 83.1 Å². The molecule has 0 aromatic rings. The molecule has 0 aliphatic heterocycles. The minimum Gasteiger partial charge on any atom is -0.438 e. The van der Waals surface area contributed by atoms with Crippen molar-refractivity contribution in [1.29, 1.82) is 0 Å². The van der Waals surface area contributed by atoms with Crippen LogP contribution in [0.15, 0.2) is 0 Å². The minimum atomic E-state index is -2.88. The van der Waals surface area contributed by atoms with Gasteiger partial charge >= 0.3 is 40.4 Å². The Labute approximate surface area is 237 Å². The zero-order chi connectivity index (χ0) is 31.9. The molecule has 14 nitrogen and oxygen atoms in total. The van der Waals surface area contributed by atoms with Crippen molar-refractivity contribution in [3.8, 4) is 0 Å². The van der Waals surface area contributed by atoms with E-state index in [4.69, 9.17) is 18.9 Å². The lowest BCUT2D eigenvalue weighted by molar-refractivity contribution is -0.163. The fourth-order valence-corrected chi connectivity index (χ4v) is 2.26. The number of carbonyl (C=O) groups is 4. The number of ether oxygens (including phenoxy) is 4. The zero-order valence-electron chi connectivity index (χ0n) is 25.5. The van der Waals surface area contributed by atoms with Crippen molar-refractivity contribution in [1.82, 2.24) is 0 Å². The van der Waals surface area contributed by atoms with E-state index in [1.165, 1.54) is 0 Å². The molecule has 0 aliphatic carbocycles. The van der Waals surface area contributed by atoms with Gasteiger partial charge in [0.25, 0.3) is 0 Å². The van der Waals surface area contributed by atoms with Crippen LogP contribution in [-0.4, -0.2) is 51.0 Å². The first-order valence-corrected chi connectivity index (χ1v) is 14.6. The molecular weight excluding hydrogens is 574 g/mol. The van der Waals surface area contributed by atoms with Crippen molar-refractivity contribution in [2.75, 3.05) is 27.2 Å². The maximum absolute atomic E-state index is 11.4. The number of hydrogen-bond acceptors (Lipinski definition) is 14. The molecule has 236 valence electrons. The van der Waals surface area contributed by atoms with Crippen LogP contribution in [0, 0.1) is 21.7 Å². The summed E-state index contributed by atoms with van der Waals surface area (Å²) in [6, 6.07) is 0. The van der Waals surface area contributed by atoms with Gasteiger partial charge in [-0.3, -0.25) is 46.4 Å². The molecular formula is C24H46O14P2. The van der Waals surface area contributed by atoms with Crippen molar-refractivity contribution in [3.63, 3.8) is 0 Å². The summed E-state index contributed by atoms with van der Waals surface area (Å²) in [6.45, 7) is 18.3. The molecule has 16 heteroatoms. The molecule has 0 fully saturated rings. The van der Waals surface area contributed by atoms with Gasteiger partial charge in [-0.25, -0.2) is 0 Å². The first-order valence-electron chi connectivity index (χ1n) is 12.2. The van der Waals surface area contributed by atoms with Crippen LogP contribution in [0.3, 0.4) is 0 Å². The largest absolute Gasteiger partial charge is 0.438 e. The Morgan fingerprint density at radius 3 is 0.675 bits per heavy atom. The van der Waals surface area contributed by atoms with E-state index in [2.05, 4.69) is 18.1 Å². The van der Waals surface area contributed by atoms with Crippen LogP contribution in [0.4, 0.5) is 0 Å². The minimum absolute atomic E-state index is 0.471. The van der Waals surface area contributed by atoms with Gasteiger partial charge in [0.1, 0.15) is 0 Å². The van der Waals surface area contributed by atoms with Gasteiger partial charge in [-0.2, -0.15) is 0 Å². The second kappa shape index (κ2) is 17.9. The molecule has 0 spiro atoms. The summed E-state index contributed by atoms with van der Waals surface area (Å²) in [7, 11) is -5.75. The summed E-state index contributed by atoms with van der Waals surface area (Å²) >= 11 is 0. The molecule has 40 heavy (non-hydrogen) atoms. The first kappa shape index (κ1) is 40.3. The fourth-order valence-electron chi connectivity index (χ4n) is 1.47. The molecule has 0 saturated carbocycles. The van der Waals surface area contributed by atoms with E-state index in [0.717, 1.165) is 0 Å². The molecule has 0 radical (unpaired) electrons. The van der Waals surface area contributed by atoms with Gasteiger partial charge in [-0.05, 0) is 83.1 Å². The van der Waals surface area contributed by atoms with E-state index in [0.29, 0.717) is 0 Å². The summed E-state index contributed by atoms with van der Waals surface area (Å²) in [6.07, 6.45) is 0. The first-order chi connectivity index (χ1) is 17.9. The summed E-state index contributed by atoms with van der Waals surface area (Å²) < 4.78 is 60.1. The highest BCUT2D eigenvalue weighted by molar-refractivity contribution is 7.33. The molecule has 0 bridgehead atoms. The third-order valence-electron chi connectivity index (χ3n) is 3.92. The van der Waals surface area contributed by atoms with Gasteiger partial charge in [-0.1, -0.05) is 0 Å². The number of rotatable bonds is 12. The van der Waals surface area contributed by atoms with Gasteiger partial charge in [-0.15, -0.1) is 0 Å². The van der Waals surface area contributed by atoms with Gasteiger partial charge in [0.2, 0.25) is 27.2 Å². The molecule has 0 unspecified atom stereocenters. The Morgan fingerprint density at radius 2 is 0.550 bits per heavy atom. The molecule has 0 aliphatic rings. The van der Waals surface area contributed by atoms with Crippen LogP contribution in [0.2, 0.25) is 0 Å².